The summed E-state index contributed by atoms with van der Waals surface area (Å²) < 4.78 is 17.9. The van der Waals surface area contributed by atoms with Gasteiger partial charge in [0.2, 0.25) is 0 Å². The van der Waals surface area contributed by atoms with Gasteiger partial charge in [-0.15, -0.1) is 12.4 Å². The normalized spacial score (nSPS) is 17.5. The molecular formula is C28H32Cl3NO3. The van der Waals surface area contributed by atoms with Gasteiger partial charge in [-0.1, -0.05) is 71.7 Å². The van der Waals surface area contributed by atoms with Crippen molar-refractivity contribution in [1.29, 1.82) is 0 Å². The summed E-state index contributed by atoms with van der Waals surface area (Å²) in [5.74, 6) is 1.18. The lowest BCUT2D eigenvalue weighted by atomic mass is 9.87. The molecule has 1 saturated heterocycles. The minimum atomic E-state index is 0. The number of ether oxygens (including phenoxy) is 3. The second-order valence-corrected chi connectivity index (χ2v) is 9.27. The van der Waals surface area contributed by atoms with E-state index in [0.717, 1.165) is 37.2 Å². The van der Waals surface area contributed by atoms with Gasteiger partial charge in [-0.25, -0.2) is 0 Å². The average Bonchev–Trinajstić information content (AvgIpc) is 2.87. The maximum Gasteiger partial charge on any atom is 0.119 e. The van der Waals surface area contributed by atoms with E-state index >= 15 is 0 Å². The van der Waals surface area contributed by atoms with Gasteiger partial charge < -0.3 is 19.5 Å². The molecule has 1 heterocycles. The van der Waals surface area contributed by atoms with E-state index in [1.165, 1.54) is 11.1 Å². The molecule has 1 fully saturated rings. The van der Waals surface area contributed by atoms with Gasteiger partial charge in [0.25, 0.3) is 0 Å². The lowest BCUT2D eigenvalue weighted by Gasteiger charge is -2.32. The standard InChI is InChI=1S/C28H31Cl2NO3.ClH/c29-26-8-4-9-27(30)25(26)20-34-28-18-31-15-14-24(28)22-10-12-23(13-11-22)33-17-5-16-32-19-21-6-2-1-3-7-21;/h1-4,6-13,24,28,31H,5,14-20H2;1H. The first-order chi connectivity index (χ1) is 16.7. The molecule has 4 nitrogen and oxygen atoms in total. The Balaban J connectivity index is 0.00000342. The van der Waals surface area contributed by atoms with Gasteiger partial charge in [-0.2, -0.15) is 0 Å². The maximum atomic E-state index is 6.31. The Morgan fingerprint density at radius 3 is 2.31 bits per heavy atom. The first-order valence-corrected chi connectivity index (χ1v) is 12.6. The Labute approximate surface area is 224 Å². The van der Waals surface area contributed by atoms with Crippen molar-refractivity contribution in [3.8, 4) is 5.75 Å². The summed E-state index contributed by atoms with van der Waals surface area (Å²) in [6.07, 6.45) is 1.91. The fraction of sp³-hybridized carbons (Fsp3) is 0.357. The van der Waals surface area contributed by atoms with Crippen molar-refractivity contribution in [2.75, 3.05) is 26.3 Å². The van der Waals surface area contributed by atoms with Crippen molar-refractivity contribution < 1.29 is 14.2 Å². The average molecular weight is 537 g/mol. The molecule has 4 rings (SSSR count). The molecule has 2 unspecified atom stereocenters. The monoisotopic (exact) mass is 535 g/mol. The first kappa shape index (κ1) is 27.8. The zero-order valence-corrected chi connectivity index (χ0v) is 22.0. The summed E-state index contributed by atoms with van der Waals surface area (Å²) in [6.45, 7) is 4.11. The Kier molecular flexibility index (Phi) is 11.7. The van der Waals surface area contributed by atoms with E-state index in [1.54, 1.807) is 0 Å². The Bertz CT molecular complexity index is 997. The largest absolute Gasteiger partial charge is 0.494 e. The van der Waals surface area contributed by atoms with Crippen LogP contribution in [0.3, 0.4) is 0 Å². The number of piperidine rings is 1. The number of hydrogen-bond acceptors (Lipinski definition) is 4. The van der Waals surface area contributed by atoms with Gasteiger partial charge in [0.15, 0.2) is 0 Å². The summed E-state index contributed by atoms with van der Waals surface area (Å²) in [7, 11) is 0. The molecule has 1 N–H and O–H groups in total. The highest BCUT2D eigenvalue weighted by atomic mass is 35.5. The van der Waals surface area contributed by atoms with Crippen LogP contribution in [0.1, 0.15) is 35.4 Å². The number of nitrogens with one attached hydrogen (secondary N) is 1. The van der Waals surface area contributed by atoms with Gasteiger partial charge in [-0.05, 0) is 48.4 Å². The summed E-state index contributed by atoms with van der Waals surface area (Å²) >= 11 is 12.6. The second-order valence-electron chi connectivity index (χ2n) is 8.46. The number of rotatable bonds is 11. The van der Waals surface area contributed by atoms with E-state index < -0.39 is 0 Å². The zero-order chi connectivity index (χ0) is 23.6. The molecule has 3 aromatic carbocycles. The minimum Gasteiger partial charge on any atom is -0.494 e. The highest BCUT2D eigenvalue weighted by molar-refractivity contribution is 6.35. The van der Waals surface area contributed by atoms with E-state index in [0.29, 0.717) is 42.4 Å². The fourth-order valence-electron chi connectivity index (χ4n) is 4.17. The third-order valence-electron chi connectivity index (χ3n) is 6.05. The third kappa shape index (κ3) is 8.38. The van der Waals surface area contributed by atoms with E-state index in [-0.39, 0.29) is 18.5 Å². The van der Waals surface area contributed by atoms with Crippen LogP contribution in [-0.4, -0.2) is 32.4 Å². The van der Waals surface area contributed by atoms with Gasteiger partial charge in [-0.3, -0.25) is 0 Å². The SMILES string of the molecule is Cl.Clc1cccc(Cl)c1COC1CNCCC1c1ccc(OCCCOCc2ccccc2)cc1. The lowest BCUT2D eigenvalue weighted by Crippen LogP contribution is -2.41. The van der Waals surface area contributed by atoms with E-state index in [1.807, 2.05) is 48.5 Å². The summed E-state index contributed by atoms with van der Waals surface area (Å²) in [5.41, 5.74) is 3.29. The first-order valence-electron chi connectivity index (χ1n) is 11.8. The van der Waals surface area contributed by atoms with Crippen molar-refractivity contribution in [3.63, 3.8) is 0 Å². The quantitative estimate of drug-likeness (QED) is 0.266. The molecule has 0 saturated carbocycles. The van der Waals surface area contributed by atoms with Gasteiger partial charge in [0, 0.05) is 34.5 Å². The van der Waals surface area contributed by atoms with E-state index in [2.05, 4.69) is 29.6 Å². The molecule has 0 spiro atoms. The lowest BCUT2D eigenvalue weighted by molar-refractivity contribution is 0.0107. The van der Waals surface area contributed by atoms with Crippen LogP contribution in [-0.2, 0) is 22.7 Å². The summed E-state index contributed by atoms with van der Waals surface area (Å²) in [5, 5.41) is 4.72. The molecule has 0 aliphatic carbocycles. The predicted molar refractivity (Wildman–Crippen MR) is 145 cm³/mol. The van der Waals surface area contributed by atoms with Crippen molar-refractivity contribution in [2.24, 2.45) is 0 Å². The molecule has 2 atom stereocenters. The fourth-order valence-corrected chi connectivity index (χ4v) is 4.68. The van der Waals surface area contributed by atoms with E-state index in [4.69, 9.17) is 37.4 Å². The van der Waals surface area contributed by atoms with Crippen molar-refractivity contribution in [2.45, 2.75) is 38.1 Å². The predicted octanol–water partition coefficient (Wildman–Crippen LogP) is 7.06. The molecule has 0 amide bonds. The van der Waals surface area contributed by atoms with Crippen molar-refractivity contribution in [3.05, 3.63) is 99.5 Å². The van der Waals surface area contributed by atoms with Crippen LogP contribution in [0, 0.1) is 0 Å². The molecule has 0 bridgehead atoms. The molecule has 3 aromatic rings. The van der Waals surface area contributed by atoms with Crippen LogP contribution in [0.2, 0.25) is 10.0 Å². The highest BCUT2D eigenvalue weighted by Crippen LogP contribution is 2.31. The van der Waals surface area contributed by atoms with Gasteiger partial charge in [0.05, 0.1) is 32.5 Å². The highest BCUT2D eigenvalue weighted by Gasteiger charge is 2.27. The molecule has 0 aromatic heterocycles. The van der Waals surface area contributed by atoms with Crippen LogP contribution in [0.4, 0.5) is 0 Å². The molecule has 1 aliphatic rings. The van der Waals surface area contributed by atoms with Crippen LogP contribution in [0.25, 0.3) is 0 Å². The third-order valence-corrected chi connectivity index (χ3v) is 6.76. The van der Waals surface area contributed by atoms with Crippen LogP contribution in [0.5, 0.6) is 5.75 Å². The Morgan fingerprint density at radius 2 is 1.57 bits per heavy atom. The number of halogens is 3. The van der Waals surface area contributed by atoms with Gasteiger partial charge in [0.1, 0.15) is 5.75 Å². The van der Waals surface area contributed by atoms with Gasteiger partial charge >= 0.3 is 0 Å². The zero-order valence-electron chi connectivity index (χ0n) is 19.6. The molecule has 1 aliphatic heterocycles. The molecule has 188 valence electrons. The Morgan fingerprint density at radius 1 is 0.829 bits per heavy atom. The summed E-state index contributed by atoms with van der Waals surface area (Å²) in [6, 6.07) is 24.1. The molecule has 0 radical (unpaired) electrons. The topological polar surface area (TPSA) is 39.7 Å². The number of benzene rings is 3. The van der Waals surface area contributed by atoms with Crippen molar-refractivity contribution >= 4 is 35.6 Å². The second kappa shape index (κ2) is 14.7. The van der Waals surface area contributed by atoms with Crippen LogP contribution < -0.4 is 10.1 Å². The maximum absolute atomic E-state index is 6.31. The van der Waals surface area contributed by atoms with Crippen LogP contribution in [0.15, 0.2) is 72.8 Å². The number of hydrogen-bond donors (Lipinski definition) is 1. The van der Waals surface area contributed by atoms with Crippen molar-refractivity contribution in [1.82, 2.24) is 5.32 Å². The Hall–Kier alpha value is -1.79. The molecule has 7 heteroatoms. The van der Waals surface area contributed by atoms with Crippen LogP contribution >= 0.6 is 35.6 Å². The van der Waals surface area contributed by atoms with E-state index in [9.17, 15) is 0 Å². The smallest absolute Gasteiger partial charge is 0.119 e. The summed E-state index contributed by atoms with van der Waals surface area (Å²) in [4.78, 5) is 0. The minimum absolute atomic E-state index is 0. The molecule has 35 heavy (non-hydrogen) atoms. The molecular weight excluding hydrogens is 505 g/mol.